The van der Waals surface area contributed by atoms with Crippen molar-refractivity contribution in [2.75, 3.05) is 5.32 Å². The highest BCUT2D eigenvalue weighted by atomic mass is 79.9. The van der Waals surface area contributed by atoms with E-state index in [1.54, 1.807) is 35.1 Å². The second-order valence-corrected chi connectivity index (χ2v) is 7.75. The first-order chi connectivity index (χ1) is 15.1. The maximum Gasteiger partial charge on any atom is 0.256 e. The summed E-state index contributed by atoms with van der Waals surface area (Å²) in [4.78, 5) is 12.5. The van der Waals surface area contributed by atoms with Crippen LogP contribution in [0.3, 0.4) is 0 Å². The SMILES string of the molecule is O=C(Nc1ccn(Cc2cccc(F)c2)n1)c1ccc(COc2ccccc2Br)cc1. The molecule has 0 saturated carbocycles. The average Bonchev–Trinajstić information content (AvgIpc) is 3.20. The van der Waals surface area contributed by atoms with E-state index in [-0.39, 0.29) is 11.7 Å². The molecule has 31 heavy (non-hydrogen) atoms. The summed E-state index contributed by atoms with van der Waals surface area (Å²) in [5, 5.41) is 7.11. The molecular weight excluding hydrogens is 461 g/mol. The van der Waals surface area contributed by atoms with E-state index < -0.39 is 0 Å². The molecule has 0 bridgehead atoms. The molecule has 7 heteroatoms. The summed E-state index contributed by atoms with van der Waals surface area (Å²) in [5.74, 6) is 0.651. The molecule has 0 aliphatic rings. The van der Waals surface area contributed by atoms with Crippen LogP contribution in [-0.2, 0) is 13.2 Å². The van der Waals surface area contributed by atoms with Gasteiger partial charge in [0, 0.05) is 17.8 Å². The van der Waals surface area contributed by atoms with Crippen LogP contribution in [0.1, 0.15) is 21.5 Å². The number of para-hydroxylation sites is 1. The minimum absolute atomic E-state index is 0.255. The Morgan fingerprint density at radius 3 is 2.58 bits per heavy atom. The summed E-state index contributed by atoms with van der Waals surface area (Å²) in [7, 11) is 0. The molecule has 0 atom stereocenters. The zero-order valence-corrected chi connectivity index (χ0v) is 18.0. The van der Waals surface area contributed by atoms with Crippen molar-refractivity contribution >= 4 is 27.7 Å². The number of rotatable bonds is 7. The molecule has 1 amide bonds. The van der Waals surface area contributed by atoms with Crippen LogP contribution in [-0.4, -0.2) is 15.7 Å². The van der Waals surface area contributed by atoms with Gasteiger partial charge in [0.25, 0.3) is 5.91 Å². The number of amides is 1. The van der Waals surface area contributed by atoms with Crippen LogP contribution in [0.25, 0.3) is 0 Å². The Bertz CT molecular complexity index is 1190. The predicted octanol–water partition coefficient (Wildman–Crippen LogP) is 5.66. The summed E-state index contributed by atoms with van der Waals surface area (Å²) < 4.78 is 21.7. The number of carbonyl (C=O) groups excluding carboxylic acids is 1. The normalized spacial score (nSPS) is 10.6. The predicted molar refractivity (Wildman–Crippen MR) is 121 cm³/mol. The monoisotopic (exact) mass is 479 g/mol. The zero-order valence-electron chi connectivity index (χ0n) is 16.5. The maximum atomic E-state index is 13.3. The Kier molecular flexibility index (Phi) is 6.43. The lowest BCUT2D eigenvalue weighted by Gasteiger charge is -2.08. The van der Waals surface area contributed by atoms with Crippen LogP contribution in [0.15, 0.2) is 89.5 Å². The topological polar surface area (TPSA) is 56.2 Å². The van der Waals surface area contributed by atoms with Crippen LogP contribution in [0.2, 0.25) is 0 Å². The number of ether oxygens (including phenoxy) is 1. The smallest absolute Gasteiger partial charge is 0.256 e. The number of hydrogen-bond acceptors (Lipinski definition) is 3. The van der Waals surface area contributed by atoms with Crippen molar-refractivity contribution in [2.24, 2.45) is 0 Å². The van der Waals surface area contributed by atoms with Gasteiger partial charge in [0.2, 0.25) is 0 Å². The van der Waals surface area contributed by atoms with Crippen molar-refractivity contribution in [1.29, 1.82) is 0 Å². The number of carbonyl (C=O) groups is 1. The van der Waals surface area contributed by atoms with Gasteiger partial charge in [0.1, 0.15) is 18.2 Å². The average molecular weight is 480 g/mol. The fraction of sp³-hybridized carbons (Fsp3) is 0.0833. The van der Waals surface area contributed by atoms with Gasteiger partial charge in [-0.2, -0.15) is 5.10 Å². The molecule has 1 aromatic heterocycles. The van der Waals surface area contributed by atoms with Crippen molar-refractivity contribution in [1.82, 2.24) is 9.78 Å². The van der Waals surface area contributed by atoms with E-state index in [0.29, 0.717) is 24.5 Å². The van der Waals surface area contributed by atoms with E-state index >= 15 is 0 Å². The standard InChI is InChI=1S/C24H19BrFN3O2/c25-21-6-1-2-7-22(21)31-16-17-8-10-19(11-9-17)24(30)27-23-12-13-29(28-23)15-18-4-3-5-20(26)14-18/h1-14H,15-16H2,(H,27,28,30). The molecule has 0 saturated heterocycles. The summed E-state index contributed by atoms with van der Waals surface area (Å²) in [6.45, 7) is 0.814. The molecule has 4 aromatic rings. The van der Waals surface area contributed by atoms with Crippen LogP contribution in [0.5, 0.6) is 5.75 Å². The van der Waals surface area contributed by atoms with E-state index in [0.717, 1.165) is 21.3 Å². The van der Waals surface area contributed by atoms with Gasteiger partial charge in [-0.25, -0.2) is 4.39 Å². The minimum atomic E-state index is -0.288. The van der Waals surface area contributed by atoms with Gasteiger partial charge in [-0.15, -0.1) is 0 Å². The van der Waals surface area contributed by atoms with Crippen LogP contribution >= 0.6 is 15.9 Å². The molecular formula is C24H19BrFN3O2. The lowest BCUT2D eigenvalue weighted by molar-refractivity contribution is 0.102. The number of anilines is 1. The molecule has 156 valence electrons. The molecule has 0 spiro atoms. The highest BCUT2D eigenvalue weighted by Gasteiger charge is 2.09. The van der Waals surface area contributed by atoms with Gasteiger partial charge in [-0.05, 0) is 63.5 Å². The van der Waals surface area contributed by atoms with Gasteiger partial charge in [-0.1, -0.05) is 36.4 Å². The number of benzene rings is 3. The van der Waals surface area contributed by atoms with Gasteiger partial charge in [0.15, 0.2) is 5.82 Å². The van der Waals surface area contributed by atoms with Crippen molar-refractivity contribution in [2.45, 2.75) is 13.2 Å². The number of nitrogens with one attached hydrogen (secondary N) is 1. The molecule has 0 radical (unpaired) electrons. The summed E-state index contributed by atoms with van der Waals surface area (Å²) in [6.07, 6.45) is 1.74. The van der Waals surface area contributed by atoms with E-state index in [4.69, 9.17) is 4.74 Å². The fourth-order valence-corrected chi connectivity index (χ4v) is 3.40. The lowest BCUT2D eigenvalue weighted by Crippen LogP contribution is -2.13. The highest BCUT2D eigenvalue weighted by Crippen LogP contribution is 2.24. The third-order valence-electron chi connectivity index (χ3n) is 4.56. The van der Waals surface area contributed by atoms with Gasteiger partial charge in [0.05, 0.1) is 11.0 Å². The van der Waals surface area contributed by atoms with E-state index in [1.807, 2.05) is 42.5 Å². The summed E-state index contributed by atoms with van der Waals surface area (Å²) >= 11 is 3.45. The third kappa shape index (κ3) is 5.58. The molecule has 3 aromatic carbocycles. The Morgan fingerprint density at radius 2 is 1.81 bits per heavy atom. The Balaban J connectivity index is 1.33. The molecule has 0 unspecified atom stereocenters. The van der Waals surface area contributed by atoms with Crippen LogP contribution in [0.4, 0.5) is 10.2 Å². The molecule has 5 nitrogen and oxygen atoms in total. The molecule has 0 aliphatic carbocycles. The van der Waals surface area contributed by atoms with Crippen LogP contribution < -0.4 is 10.1 Å². The van der Waals surface area contributed by atoms with E-state index in [1.165, 1.54) is 12.1 Å². The van der Waals surface area contributed by atoms with Gasteiger partial charge < -0.3 is 10.1 Å². The van der Waals surface area contributed by atoms with Crippen LogP contribution in [0, 0.1) is 5.82 Å². The number of aromatic nitrogens is 2. The quantitative estimate of drug-likeness (QED) is 0.371. The Labute approximate surface area is 187 Å². The first-order valence-electron chi connectivity index (χ1n) is 9.62. The molecule has 1 N–H and O–H groups in total. The summed E-state index contributed by atoms with van der Waals surface area (Å²) in [6, 6.07) is 22.9. The lowest BCUT2D eigenvalue weighted by atomic mass is 10.1. The Hall–Kier alpha value is -3.45. The van der Waals surface area contributed by atoms with Gasteiger partial charge in [-0.3, -0.25) is 9.48 Å². The van der Waals surface area contributed by atoms with Crippen molar-refractivity contribution in [3.63, 3.8) is 0 Å². The second-order valence-electron chi connectivity index (χ2n) is 6.90. The van der Waals surface area contributed by atoms with Crippen molar-refractivity contribution < 1.29 is 13.9 Å². The summed E-state index contributed by atoms with van der Waals surface area (Å²) in [5.41, 5.74) is 2.26. The molecule has 4 rings (SSSR count). The van der Waals surface area contributed by atoms with Crippen molar-refractivity contribution in [3.8, 4) is 5.75 Å². The number of halogens is 2. The molecule has 0 aliphatic heterocycles. The van der Waals surface area contributed by atoms with E-state index in [9.17, 15) is 9.18 Å². The first kappa shape index (κ1) is 20.8. The largest absolute Gasteiger partial charge is 0.488 e. The van der Waals surface area contributed by atoms with Crippen molar-refractivity contribution in [3.05, 3.63) is 112 Å². The second kappa shape index (κ2) is 9.57. The minimum Gasteiger partial charge on any atom is -0.488 e. The number of nitrogens with zero attached hydrogens (tertiary/aromatic N) is 2. The first-order valence-corrected chi connectivity index (χ1v) is 10.4. The third-order valence-corrected chi connectivity index (χ3v) is 5.22. The van der Waals surface area contributed by atoms with Gasteiger partial charge >= 0.3 is 0 Å². The molecule has 1 heterocycles. The highest BCUT2D eigenvalue weighted by molar-refractivity contribution is 9.10. The number of hydrogen-bond donors (Lipinski definition) is 1. The maximum absolute atomic E-state index is 13.3. The zero-order chi connectivity index (χ0) is 21.6. The fourth-order valence-electron chi connectivity index (χ4n) is 3.00. The van der Waals surface area contributed by atoms with E-state index in [2.05, 4.69) is 26.3 Å². The Morgan fingerprint density at radius 1 is 1.00 bits per heavy atom. The molecule has 0 fully saturated rings.